The smallest absolute Gasteiger partial charge is 0.270 e. The Labute approximate surface area is 145 Å². The van der Waals surface area contributed by atoms with Crippen molar-refractivity contribution >= 4 is 11.6 Å². The molecule has 1 amide bonds. The number of nitrogens with zero attached hydrogens (tertiary/aromatic N) is 2. The number of rotatable bonds is 6. The van der Waals surface area contributed by atoms with Gasteiger partial charge in [-0.15, -0.1) is 0 Å². The summed E-state index contributed by atoms with van der Waals surface area (Å²) in [5.41, 5.74) is 3.04. The molecule has 126 valence electrons. The minimum Gasteiger partial charge on any atom is -0.381 e. The summed E-state index contributed by atoms with van der Waals surface area (Å²) in [6, 6.07) is 13.3. The van der Waals surface area contributed by atoms with Crippen LogP contribution < -0.4 is 10.6 Å². The lowest BCUT2D eigenvalue weighted by Crippen LogP contribution is -2.23. The van der Waals surface area contributed by atoms with Crippen LogP contribution in [0.1, 0.15) is 21.6 Å². The highest BCUT2D eigenvalue weighted by molar-refractivity contribution is 5.93. The first-order chi connectivity index (χ1) is 12.2. The molecule has 0 bridgehead atoms. The Hall–Kier alpha value is -3.28. The summed E-state index contributed by atoms with van der Waals surface area (Å²) in [5.74, 6) is -0.582. The number of nitrogens with one attached hydrogen (secondary N) is 2. The summed E-state index contributed by atoms with van der Waals surface area (Å²) in [7, 11) is 0. The van der Waals surface area contributed by atoms with E-state index < -0.39 is 0 Å². The van der Waals surface area contributed by atoms with Crippen molar-refractivity contribution in [3.63, 3.8) is 0 Å². The summed E-state index contributed by atoms with van der Waals surface area (Å²) in [5, 5.41) is 6.02. The molecule has 0 unspecified atom stereocenters. The normalized spacial score (nSPS) is 10.3. The molecule has 1 aromatic carbocycles. The number of pyridine rings is 2. The predicted octanol–water partition coefficient (Wildman–Crippen LogP) is 3.16. The third-order valence-corrected chi connectivity index (χ3v) is 3.60. The fraction of sp³-hybridized carbons (Fsp3) is 0.105. The van der Waals surface area contributed by atoms with Crippen molar-refractivity contribution in [3.05, 3.63) is 89.8 Å². The number of anilines is 1. The van der Waals surface area contributed by atoms with Crippen molar-refractivity contribution in [2.24, 2.45) is 0 Å². The van der Waals surface area contributed by atoms with Gasteiger partial charge in [-0.05, 0) is 47.5 Å². The molecule has 2 heterocycles. The molecule has 25 heavy (non-hydrogen) atoms. The van der Waals surface area contributed by atoms with Gasteiger partial charge in [-0.1, -0.05) is 12.1 Å². The number of carbonyl (C=O) groups is 1. The van der Waals surface area contributed by atoms with Gasteiger partial charge in [0.1, 0.15) is 11.5 Å². The molecule has 0 fully saturated rings. The Balaban J connectivity index is 1.58. The molecule has 0 aliphatic carbocycles. The maximum absolute atomic E-state index is 12.9. The fourth-order valence-electron chi connectivity index (χ4n) is 2.24. The Kier molecular flexibility index (Phi) is 5.31. The van der Waals surface area contributed by atoms with Gasteiger partial charge in [-0.3, -0.25) is 14.8 Å². The summed E-state index contributed by atoms with van der Waals surface area (Å²) in [4.78, 5) is 20.3. The van der Waals surface area contributed by atoms with Gasteiger partial charge >= 0.3 is 0 Å². The van der Waals surface area contributed by atoms with Crippen molar-refractivity contribution in [3.8, 4) is 0 Å². The average molecular weight is 336 g/mol. The maximum atomic E-state index is 12.9. The third-order valence-electron chi connectivity index (χ3n) is 3.60. The second-order valence-electron chi connectivity index (χ2n) is 5.45. The Bertz CT molecular complexity index is 838. The summed E-state index contributed by atoms with van der Waals surface area (Å²) in [6.07, 6.45) is 5.05. The number of benzene rings is 1. The third kappa shape index (κ3) is 4.84. The lowest BCUT2D eigenvalue weighted by atomic mass is 10.2. The predicted molar refractivity (Wildman–Crippen MR) is 93.4 cm³/mol. The van der Waals surface area contributed by atoms with Gasteiger partial charge in [-0.2, -0.15) is 0 Å². The molecule has 6 heteroatoms. The highest BCUT2D eigenvalue weighted by Crippen LogP contribution is 2.10. The zero-order valence-corrected chi connectivity index (χ0v) is 13.4. The van der Waals surface area contributed by atoms with Crippen molar-refractivity contribution in [2.75, 3.05) is 5.32 Å². The first-order valence-corrected chi connectivity index (χ1v) is 7.82. The number of aromatic nitrogens is 2. The monoisotopic (exact) mass is 336 g/mol. The molecule has 5 nitrogen and oxygen atoms in total. The zero-order valence-electron chi connectivity index (χ0n) is 13.4. The van der Waals surface area contributed by atoms with Gasteiger partial charge in [0, 0.05) is 37.4 Å². The second-order valence-corrected chi connectivity index (χ2v) is 5.45. The van der Waals surface area contributed by atoms with Crippen LogP contribution in [0.25, 0.3) is 0 Å². The van der Waals surface area contributed by atoms with Crippen LogP contribution in [0.5, 0.6) is 0 Å². The standard InChI is InChI=1S/C19H17FN4O/c20-16-3-1-14(2-4-16)13-24-19(25)18-11-17(7-10-22-18)23-12-15-5-8-21-9-6-15/h1-11H,12-13H2,(H,22,23)(H,24,25). The first-order valence-electron chi connectivity index (χ1n) is 7.82. The number of hydrogen-bond donors (Lipinski definition) is 2. The van der Waals surface area contributed by atoms with Crippen molar-refractivity contribution in [1.29, 1.82) is 0 Å². The number of carbonyl (C=O) groups excluding carboxylic acids is 1. The number of amides is 1. The molecule has 2 N–H and O–H groups in total. The topological polar surface area (TPSA) is 66.9 Å². The van der Waals surface area contributed by atoms with Gasteiger partial charge in [0.15, 0.2) is 0 Å². The molecule has 0 atom stereocenters. The maximum Gasteiger partial charge on any atom is 0.270 e. The molecular weight excluding hydrogens is 319 g/mol. The van der Waals surface area contributed by atoms with Crippen molar-refractivity contribution < 1.29 is 9.18 Å². The highest BCUT2D eigenvalue weighted by atomic mass is 19.1. The summed E-state index contributed by atoms with van der Waals surface area (Å²) < 4.78 is 12.9. The SMILES string of the molecule is O=C(NCc1ccc(F)cc1)c1cc(NCc2ccncc2)ccn1. The van der Waals surface area contributed by atoms with E-state index in [2.05, 4.69) is 20.6 Å². The van der Waals surface area contributed by atoms with E-state index in [1.807, 2.05) is 12.1 Å². The van der Waals surface area contributed by atoms with Crippen LogP contribution in [0.3, 0.4) is 0 Å². The minimum atomic E-state index is -0.301. The van der Waals surface area contributed by atoms with E-state index in [9.17, 15) is 9.18 Å². The molecule has 2 aromatic heterocycles. The van der Waals surface area contributed by atoms with Gasteiger partial charge in [0.25, 0.3) is 5.91 Å². The van der Waals surface area contributed by atoms with Crippen LogP contribution in [-0.4, -0.2) is 15.9 Å². The zero-order chi connectivity index (χ0) is 17.5. The molecule has 3 aromatic rings. The Morgan fingerprint density at radius 3 is 2.40 bits per heavy atom. The quantitative estimate of drug-likeness (QED) is 0.726. The van der Waals surface area contributed by atoms with E-state index >= 15 is 0 Å². The van der Waals surface area contributed by atoms with Crippen LogP contribution in [0.2, 0.25) is 0 Å². The molecular formula is C19H17FN4O. The number of halogens is 1. The van der Waals surface area contributed by atoms with Crippen LogP contribution in [-0.2, 0) is 13.1 Å². The summed E-state index contributed by atoms with van der Waals surface area (Å²) >= 11 is 0. The van der Waals surface area contributed by atoms with Crippen LogP contribution >= 0.6 is 0 Å². The van der Waals surface area contributed by atoms with Crippen LogP contribution in [0, 0.1) is 5.82 Å². The van der Waals surface area contributed by atoms with Gasteiger partial charge < -0.3 is 10.6 Å². The van der Waals surface area contributed by atoms with Crippen LogP contribution in [0.4, 0.5) is 10.1 Å². The molecule has 0 aliphatic heterocycles. The molecule has 0 spiro atoms. The Morgan fingerprint density at radius 1 is 0.920 bits per heavy atom. The molecule has 0 radical (unpaired) electrons. The molecule has 0 aliphatic rings. The van der Waals surface area contributed by atoms with Crippen molar-refractivity contribution in [2.45, 2.75) is 13.1 Å². The molecule has 0 saturated heterocycles. The van der Waals surface area contributed by atoms with Crippen molar-refractivity contribution in [1.82, 2.24) is 15.3 Å². The van der Waals surface area contributed by atoms with Gasteiger partial charge in [0.05, 0.1) is 0 Å². The van der Waals surface area contributed by atoms with E-state index in [0.29, 0.717) is 18.8 Å². The first kappa shape index (κ1) is 16.6. The minimum absolute atomic E-state index is 0.281. The molecule has 0 saturated carbocycles. The largest absolute Gasteiger partial charge is 0.381 e. The van der Waals surface area contributed by atoms with E-state index in [1.54, 1.807) is 42.9 Å². The lowest BCUT2D eigenvalue weighted by Gasteiger charge is -2.09. The van der Waals surface area contributed by atoms with E-state index in [-0.39, 0.29) is 11.7 Å². The van der Waals surface area contributed by atoms with Gasteiger partial charge in [0.2, 0.25) is 0 Å². The number of hydrogen-bond acceptors (Lipinski definition) is 4. The average Bonchev–Trinajstić information content (AvgIpc) is 2.67. The van der Waals surface area contributed by atoms with Crippen LogP contribution in [0.15, 0.2) is 67.1 Å². The van der Waals surface area contributed by atoms with E-state index in [1.165, 1.54) is 12.1 Å². The lowest BCUT2D eigenvalue weighted by molar-refractivity contribution is 0.0946. The second kappa shape index (κ2) is 8.01. The highest BCUT2D eigenvalue weighted by Gasteiger charge is 2.08. The Morgan fingerprint density at radius 2 is 1.64 bits per heavy atom. The molecule has 3 rings (SSSR count). The van der Waals surface area contributed by atoms with E-state index in [4.69, 9.17) is 0 Å². The summed E-state index contributed by atoms with van der Waals surface area (Å²) in [6.45, 7) is 0.943. The van der Waals surface area contributed by atoms with E-state index in [0.717, 1.165) is 16.8 Å². The fourth-order valence-corrected chi connectivity index (χ4v) is 2.24. The van der Waals surface area contributed by atoms with Gasteiger partial charge in [-0.25, -0.2) is 4.39 Å².